The van der Waals surface area contributed by atoms with E-state index in [9.17, 15) is 4.79 Å². The lowest BCUT2D eigenvalue weighted by atomic mass is 10.1. The van der Waals surface area contributed by atoms with Gasteiger partial charge in [-0.2, -0.15) is 5.10 Å². The number of nitrogens with zero attached hydrogens (tertiary/aromatic N) is 4. The Morgan fingerprint density at radius 1 is 1.26 bits per heavy atom. The summed E-state index contributed by atoms with van der Waals surface area (Å²) in [5.41, 5.74) is 0. The van der Waals surface area contributed by atoms with E-state index in [1.54, 1.807) is 6.33 Å². The Hall–Kier alpha value is -2.57. The molecular weight excluding hydrogens is 296 g/mol. The molecule has 1 saturated heterocycles. The Morgan fingerprint density at radius 2 is 2.13 bits per heavy atom. The quantitative estimate of drug-likeness (QED) is 0.835. The van der Waals surface area contributed by atoms with Crippen LogP contribution in [0.25, 0.3) is 0 Å². The van der Waals surface area contributed by atoms with Crippen LogP contribution in [0.2, 0.25) is 0 Å². The number of rotatable bonds is 2. The third-order valence-corrected chi connectivity index (χ3v) is 4.30. The van der Waals surface area contributed by atoms with Crippen LogP contribution in [-0.4, -0.2) is 51.4 Å². The van der Waals surface area contributed by atoms with Gasteiger partial charge in [0.05, 0.1) is 6.04 Å². The lowest BCUT2D eigenvalue weighted by Gasteiger charge is -2.35. The molecule has 7 heteroatoms. The normalized spacial score (nSPS) is 23.6. The van der Waals surface area contributed by atoms with E-state index < -0.39 is 6.10 Å². The second-order valence-corrected chi connectivity index (χ2v) is 5.82. The van der Waals surface area contributed by atoms with E-state index in [-0.39, 0.29) is 18.6 Å². The monoisotopic (exact) mass is 314 g/mol. The molecule has 0 N–H and O–H groups in total. The Balaban J connectivity index is 1.45. The van der Waals surface area contributed by atoms with E-state index in [4.69, 9.17) is 9.47 Å². The van der Waals surface area contributed by atoms with E-state index in [0.717, 1.165) is 19.4 Å². The van der Waals surface area contributed by atoms with Gasteiger partial charge in [0.25, 0.3) is 5.91 Å². The maximum atomic E-state index is 12.8. The van der Waals surface area contributed by atoms with Crippen LogP contribution < -0.4 is 9.47 Å². The van der Waals surface area contributed by atoms with Crippen molar-refractivity contribution in [3.63, 3.8) is 0 Å². The van der Waals surface area contributed by atoms with Crippen molar-refractivity contribution in [1.82, 2.24) is 19.7 Å². The number of carbonyl (C=O) groups excluding carboxylic acids is 1. The van der Waals surface area contributed by atoms with Gasteiger partial charge in [-0.05, 0) is 25.0 Å². The number of piperidine rings is 1. The molecule has 0 radical (unpaired) electrons. The van der Waals surface area contributed by atoms with Crippen LogP contribution >= 0.6 is 0 Å². The summed E-state index contributed by atoms with van der Waals surface area (Å²) in [6.45, 7) is 1.62. The first-order valence-corrected chi connectivity index (χ1v) is 7.82. The van der Waals surface area contributed by atoms with Gasteiger partial charge >= 0.3 is 0 Å². The van der Waals surface area contributed by atoms with E-state index in [1.165, 1.54) is 6.33 Å². The minimum Gasteiger partial charge on any atom is -0.485 e. The van der Waals surface area contributed by atoms with Crippen molar-refractivity contribution in [2.24, 2.45) is 0 Å². The smallest absolute Gasteiger partial charge is 0.267 e. The number of hydrogen-bond donors (Lipinski definition) is 0. The third-order valence-electron chi connectivity index (χ3n) is 4.30. The number of para-hydroxylation sites is 2. The minimum absolute atomic E-state index is 0.0238. The molecular formula is C16H18N4O3. The van der Waals surface area contributed by atoms with Crippen molar-refractivity contribution in [3.8, 4) is 11.5 Å². The van der Waals surface area contributed by atoms with Crippen LogP contribution in [0.4, 0.5) is 0 Å². The number of likely N-dealkylation sites (tertiary alicyclic amines) is 1. The summed E-state index contributed by atoms with van der Waals surface area (Å²) in [4.78, 5) is 18.6. The summed E-state index contributed by atoms with van der Waals surface area (Å²) in [6.07, 6.45) is 4.59. The van der Waals surface area contributed by atoms with Crippen LogP contribution in [0.3, 0.4) is 0 Å². The summed E-state index contributed by atoms with van der Waals surface area (Å²) >= 11 is 0. The maximum absolute atomic E-state index is 12.8. The largest absolute Gasteiger partial charge is 0.485 e. The lowest BCUT2D eigenvalue weighted by molar-refractivity contribution is -0.143. The average molecular weight is 314 g/mol. The van der Waals surface area contributed by atoms with Gasteiger partial charge < -0.3 is 14.4 Å². The molecule has 1 aromatic carbocycles. The fourth-order valence-electron chi connectivity index (χ4n) is 3.12. The number of aromatic nitrogens is 3. The topological polar surface area (TPSA) is 69.5 Å². The zero-order chi connectivity index (χ0) is 15.6. The van der Waals surface area contributed by atoms with Crippen LogP contribution in [0.1, 0.15) is 18.9 Å². The summed E-state index contributed by atoms with van der Waals surface area (Å²) in [5.74, 6) is 1.29. The highest BCUT2D eigenvalue weighted by atomic mass is 16.6. The maximum Gasteiger partial charge on any atom is 0.267 e. The SMILES string of the molecule is O=C([C@@H]1COc2ccccc2O1)N1CCC[C@H](n2cncn2)C1. The Morgan fingerprint density at radius 3 is 2.96 bits per heavy atom. The molecule has 0 bridgehead atoms. The molecule has 0 unspecified atom stereocenters. The number of carbonyl (C=O) groups is 1. The summed E-state index contributed by atoms with van der Waals surface area (Å²) < 4.78 is 13.3. The molecule has 1 amide bonds. The van der Waals surface area contributed by atoms with Gasteiger partial charge in [0.2, 0.25) is 6.10 Å². The first-order chi connectivity index (χ1) is 11.3. The number of ether oxygens (including phenoxy) is 2. The zero-order valence-electron chi connectivity index (χ0n) is 12.7. The van der Waals surface area contributed by atoms with Crippen LogP contribution in [0, 0.1) is 0 Å². The lowest BCUT2D eigenvalue weighted by Crippen LogP contribution is -2.50. The molecule has 1 fully saturated rings. The van der Waals surface area contributed by atoms with Crippen molar-refractivity contribution >= 4 is 5.91 Å². The Kier molecular flexibility index (Phi) is 3.61. The van der Waals surface area contributed by atoms with Gasteiger partial charge in [-0.3, -0.25) is 4.79 Å². The van der Waals surface area contributed by atoms with Crippen molar-refractivity contribution in [3.05, 3.63) is 36.9 Å². The minimum atomic E-state index is -0.584. The van der Waals surface area contributed by atoms with Crippen LogP contribution in [0.5, 0.6) is 11.5 Å². The van der Waals surface area contributed by atoms with E-state index in [1.807, 2.05) is 33.8 Å². The fraction of sp³-hybridized carbons (Fsp3) is 0.438. The number of benzene rings is 1. The highest BCUT2D eigenvalue weighted by molar-refractivity contribution is 5.82. The summed E-state index contributed by atoms with van der Waals surface area (Å²) in [5, 5.41) is 4.19. The van der Waals surface area contributed by atoms with Gasteiger partial charge in [-0.15, -0.1) is 0 Å². The van der Waals surface area contributed by atoms with Crippen LogP contribution in [-0.2, 0) is 4.79 Å². The molecule has 1 aromatic heterocycles. The van der Waals surface area contributed by atoms with Crippen molar-refractivity contribution in [2.75, 3.05) is 19.7 Å². The first-order valence-electron chi connectivity index (χ1n) is 7.82. The predicted octanol–water partition coefficient (Wildman–Crippen LogP) is 1.28. The van der Waals surface area contributed by atoms with Gasteiger partial charge in [-0.1, -0.05) is 12.1 Å². The van der Waals surface area contributed by atoms with Gasteiger partial charge in [-0.25, -0.2) is 9.67 Å². The van der Waals surface area contributed by atoms with Gasteiger partial charge in [0.1, 0.15) is 19.3 Å². The molecule has 23 heavy (non-hydrogen) atoms. The second-order valence-electron chi connectivity index (χ2n) is 5.82. The van der Waals surface area contributed by atoms with E-state index in [0.29, 0.717) is 18.0 Å². The number of amides is 1. The second kappa shape index (κ2) is 5.91. The van der Waals surface area contributed by atoms with Crippen LogP contribution in [0.15, 0.2) is 36.9 Å². The standard InChI is InChI=1S/C16H18N4O3/c21-16(15-9-22-13-5-1-2-6-14(13)23-15)19-7-3-4-12(8-19)20-11-17-10-18-20/h1-2,5-6,10-12,15H,3-4,7-9H2/t12-,15-/m0/s1. The molecule has 2 atom stereocenters. The molecule has 2 aliphatic rings. The molecule has 2 aliphatic heterocycles. The molecule has 0 spiro atoms. The van der Waals surface area contributed by atoms with Crippen molar-refractivity contribution in [2.45, 2.75) is 25.0 Å². The molecule has 2 aromatic rings. The van der Waals surface area contributed by atoms with E-state index in [2.05, 4.69) is 10.1 Å². The molecule has 3 heterocycles. The first kappa shape index (κ1) is 14.0. The molecule has 0 aliphatic carbocycles. The number of hydrogen-bond acceptors (Lipinski definition) is 5. The molecule has 4 rings (SSSR count). The third kappa shape index (κ3) is 2.74. The highest BCUT2D eigenvalue weighted by Crippen LogP contribution is 2.31. The Labute approximate surface area is 133 Å². The van der Waals surface area contributed by atoms with Gasteiger partial charge in [0.15, 0.2) is 11.5 Å². The molecule has 0 saturated carbocycles. The zero-order valence-corrected chi connectivity index (χ0v) is 12.7. The average Bonchev–Trinajstić information content (AvgIpc) is 3.15. The number of fused-ring (bicyclic) bond motifs is 1. The highest BCUT2D eigenvalue weighted by Gasteiger charge is 2.34. The summed E-state index contributed by atoms with van der Waals surface area (Å²) in [7, 11) is 0. The predicted molar refractivity (Wildman–Crippen MR) is 81.2 cm³/mol. The van der Waals surface area contributed by atoms with E-state index >= 15 is 0 Å². The Bertz CT molecular complexity index is 688. The van der Waals surface area contributed by atoms with Crippen molar-refractivity contribution in [1.29, 1.82) is 0 Å². The fourth-order valence-corrected chi connectivity index (χ4v) is 3.12. The van der Waals surface area contributed by atoms with Gasteiger partial charge in [0, 0.05) is 13.1 Å². The molecule has 120 valence electrons. The van der Waals surface area contributed by atoms with Crippen molar-refractivity contribution < 1.29 is 14.3 Å². The summed E-state index contributed by atoms with van der Waals surface area (Å²) in [6, 6.07) is 7.60. The molecule has 7 nitrogen and oxygen atoms in total.